The fourth-order valence-electron chi connectivity index (χ4n) is 2.57. The van der Waals surface area contributed by atoms with Crippen LogP contribution in [-0.2, 0) is 9.59 Å². The second-order valence-electron chi connectivity index (χ2n) is 6.73. The van der Waals surface area contributed by atoms with Crippen LogP contribution in [0.3, 0.4) is 0 Å². The molecule has 3 aromatic rings. The number of rotatable bonds is 7. The van der Waals surface area contributed by atoms with Crippen LogP contribution < -0.4 is 16.0 Å². The largest absolute Gasteiger partial charge is 0.326 e. The molecule has 0 aliphatic rings. The van der Waals surface area contributed by atoms with E-state index < -0.39 is 0 Å². The Bertz CT molecular complexity index is 1130. The number of aryl methyl sites for hydroxylation is 2. The number of hydrogen-bond acceptors (Lipinski definition) is 7. The zero-order chi connectivity index (χ0) is 22.4. The monoisotopic (exact) mass is 455 g/mol. The number of anilines is 3. The summed E-state index contributed by atoms with van der Waals surface area (Å²) in [5.41, 5.74) is 3.89. The average Bonchev–Trinajstić information content (AvgIpc) is 3.15. The van der Waals surface area contributed by atoms with E-state index in [1.807, 2.05) is 26.0 Å². The first kappa shape index (κ1) is 22.4. The Balaban J connectivity index is 1.51. The Hall–Kier alpha value is -3.24. The minimum absolute atomic E-state index is 0.129. The lowest BCUT2D eigenvalue weighted by molar-refractivity contribution is -0.114. The summed E-state index contributed by atoms with van der Waals surface area (Å²) < 4.78 is 0.567. The number of carbonyl (C=O) groups excluding carboxylic acids is 3. The number of thioether (sulfide) groups is 1. The number of benzene rings is 2. The molecule has 3 N–H and O–H groups in total. The average molecular weight is 456 g/mol. The Morgan fingerprint density at radius 2 is 1.68 bits per heavy atom. The number of amides is 3. The van der Waals surface area contributed by atoms with E-state index in [2.05, 4.69) is 26.1 Å². The zero-order valence-corrected chi connectivity index (χ0v) is 18.8. The van der Waals surface area contributed by atoms with Crippen molar-refractivity contribution in [1.29, 1.82) is 0 Å². The first-order valence-corrected chi connectivity index (χ1v) is 11.1. The summed E-state index contributed by atoms with van der Waals surface area (Å²) in [5, 5.41) is 16.5. The molecule has 0 saturated carbocycles. The van der Waals surface area contributed by atoms with Crippen molar-refractivity contribution in [2.45, 2.75) is 25.1 Å². The van der Waals surface area contributed by atoms with Crippen molar-refractivity contribution in [1.82, 2.24) is 10.2 Å². The van der Waals surface area contributed by atoms with E-state index in [1.165, 1.54) is 30.0 Å². The third-order valence-electron chi connectivity index (χ3n) is 4.19. The van der Waals surface area contributed by atoms with Crippen LogP contribution in [0.25, 0.3) is 0 Å². The molecule has 0 fully saturated rings. The smallest absolute Gasteiger partial charge is 0.257 e. The highest BCUT2D eigenvalue weighted by atomic mass is 32.2. The molecular formula is C21H21N5O3S2. The van der Waals surface area contributed by atoms with Gasteiger partial charge in [0.1, 0.15) is 0 Å². The maximum Gasteiger partial charge on any atom is 0.257 e. The van der Waals surface area contributed by atoms with Crippen molar-refractivity contribution in [3.8, 4) is 0 Å². The van der Waals surface area contributed by atoms with E-state index in [9.17, 15) is 14.4 Å². The molecule has 0 atom stereocenters. The molecule has 0 unspecified atom stereocenters. The molecule has 160 valence electrons. The highest BCUT2D eigenvalue weighted by molar-refractivity contribution is 8.01. The summed E-state index contributed by atoms with van der Waals surface area (Å²) in [7, 11) is 0. The maximum atomic E-state index is 12.4. The van der Waals surface area contributed by atoms with Gasteiger partial charge in [-0.3, -0.25) is 19.7 Å². The minimum Gasteiger partial charge on any atom is -0.326 e. The van der Waals surface area contributed by atoms with E-state index in [-0.39, 0.29) is 23.5 Å². The summed E-state index contributed by atoms with van der Waals surface area (Å²) in [6, 6.07) is 12.4. The van der Waals surface area contributed by atoms with E-state index >= 15 is 0 Å². The van der Waals surface area contributed by atoms with Gasteiger partial charge in [-0.15, -0.1) is 10.2 Å². The molecule has 0 saturated heterocycles. The van der Waals surface area contributed by atoms with Gasteiger partial charge in [0.15, 0.2) is 4.34 Å². The minimum atomic E-state index is -0.257. The summed E-state index contributed by atoms with van der Waals surface area (Å²) in [6.45, 7) is 5.36. The molecule has 3 rings (SSSR count). The van der Waals surface area contributed by atoms with Crippen molar-refractivity contribution < 1.29 is 14.4 Å². The van der Waals surface area contributed by atoms with E-state index in [0.717, 1.165) is 11.1 Å². The Morgan fingerprint density at radius 3 is 2.39 bits per heavy atom. The van der Waals surface area contributed by atoms with Gasteiger partial charge < -0.3 is 10.6 Å². The van der Waals surface area contributed by atoms with Crippen LogP contribution in [0.2, 0.25) is 0 Å². The molecule has 1 aromatic heterocycles. The first-order chi connectivity index (χ1) is 14.8. The van der Waals surface area contributed by atoms with Crippen LogP contribution in [0.5, 0.6) is 0 Å². The third kappa shape index (κ3) is 6.63. The van der Waals surface area contributed by atoms with Gasteiger partial charge in [-0.1, -0.05) is 35.2 Å². The number of hydrogen-bond donors (Lipinski definition) is 3. The molecule has 0 spiro atoms. The van der Waals surface area contributed by atoms with Gasteiger partial charge in [0.25, 0.3) is 5.91 Å². The molecule has 0 aliphatic carbocycles. The lowest BCUT2D eigenvalue weighted by Crippen LogP contribution is -2.14. The Labute approximate surface area is 187 Å². The molecule has 2 aromatic carbocycles. The van der Waals surface area contributed by atoms with Crippen LogP contribution >= 0.6 is 23.1 Å². The Kier molecular flexibility index (Phi) is 7.37. The summed E-state index contributed by atoms with van der Waals surface area (Å²) in [4.78, 5) is 35.7. The van der Waals surface area contributed by atoms with Gasteiger partial charge in [0.2, 0.25) is 16.9 Å². The number of carbonyl (C=O) groups is 3. The van der Waals surface area contributed by atoms with Crippen molar-refractivity contribution in [2.24, 2.45) is 0 Å². The number of nitrogens with zero attached hydrogens (tertiary/aromatic N) is 2. The van der Waals surface area contributed by atoms with Crippen LogP contribution in [0, 0.1) is 13.8 Å². The van der Waals surface area contributed by atoms with Crippen LogP contribution in [0.15, 0.2) is 46.8 Å². The van der Waals surface area contributed by atoms with Gasteiger partial charge in [0, 0.05) is 23.9 Å². The molecule has 31 heavy (non-hydrogen) atoms. The van der Waals surface area contributed by atoms with Gasteiger partial charge in [-0.2, -0.15) is 0 Å². The van der Waals surface area contributed by atoms with Crippen molar-refractivity contribution in [3.63, 3.8) is 0 Å². The van der Waals surface area contributed by atoms with E-state index in [1.54, 1.807) is 30.3 Å². The fraction of sp³-hybridized carbons (Fsp3) is 0.190. The van der Waals surface area contributed by atoms with Crippen LogP contribution in [0.4, 0.5) is 16.5 Å². The SMILES string of the molecule is CC(=O)Nc1cccc(NC(=O)CSc2nnc(NC(=O)c3ccc(C)c(C)c3)s2)c1. The summed E-state index contributed by atoms with van der Waals surface area (Å²) in [6.07, 6.45) is 0. The van der Waals surface area contributed by atoms with E-state index in [4.69, 9.17) is 0 Å². The third-order valence-corrected chi connectivity index (χ3v) is 6.16. The van der Waals surface area contributed by atoms with Gasteiger partial charge in [-0.05, 0) is 55.3 Å². The zero-order valence-electron chi connectivity index (χ0n) is 17.2. The second-order valence-corrected chi connectivity index (χ2v) is 8.93. The lowest BCUT2D eigenvalue weighted by Gasteiger charge is -2.07. The molecule has 0 aliphatic heterocycles. The van der Waals surface area contributed by atoms with Gasteiger partial charge >= 0.3 is 0 Å². The maximum absolute atomic E-state index is 12.4. The van der Waals surface area contributed by atoms with Gasteiger partial charge in [-0.25, -0.2) is 0 Å². The van der Waals surface area contributed by atoms with E-state index in [0.29, 0.717) is 26.4 Å². The fourth-order valence-corrected chi connectivity index (χ4v) is 4.12. The van der Waals surface area contributed by atoms with Crippen molar-refractivity contribution in [2.75, 3.05) is 21.7 Å². The van der Waals surface area contributed by atoms with Crippen LogP contribution in [-0.4, -0.2) is 33.7 Å². The topological polar surface area (TPSA) is 113 Å². The van der Waals surface area contributed by atoms with Crippen LogP contribution in [0.1, 0.15) is 28.4 Å². The number of aromatic nitrogens is 2. The molecule has 1 heterocycles. The molecule has 8 nitrogen and oxygen atoms in total. The highest BCUT2D eigenvalue weighted by Crippen LogP contribution is 2.26. The quantitative estimate of drug-likeness (QED) is 0.365. The van der Waals surface area contributed by atoms with Crippen molar-refractivity contribution in [3.05, 3.63) is 59.2 Å². The lowest BCUT2D eigenvalue weighted by atomic mass is 10.1. The number of nitrogens with one attached hydrogen (secondary N) is 3. The summed E-state index contributed by atoms with van der Waals surface area (Å²) in [5.74, 6) is -0.534. The Morgan fingerprint density at radius 1 is 0.935 bits per heavy atom. The normalized spacial score (nSPS) is 10.4. The highest BCUT2D eigenvalue weighted by Gasteiger charge is 2.13. The standard InChI is InChI=1S/C21H21N5O3S2/c1-12-7-8-15(9-13(12)2)19(29)24-20-25-26-21(31-20)30-11-18(28)23-17-6-4-5-16(10-17)22-14(3)27/h4-10H,11H2,1-3H3,(H,22,27)(H,23,28)(H,24,25,29). The summed E-state index contributed by atoms with van der Waals surface area (Å²) >= 11 is 2.42. The molecular weight excluding hydrogens is 434 g/mol. The van der Waals surface area contributed by atoms with Crippen molar-refractivity contribution >= 4 is 57.3 Å². The van der Waals surface area contributed by atoms with Gasteiger partial charge in [0.05, 0.1) is 5.75 Å². The predicted octanol–water partition coefficient (Wildman–Crippen LogP) is 4.10. The molecule has 3 amide bonds. The first-order valence-electron chi connectivity index (χ1n) is 9.32. The molecule has 10 heteroatoms. The second kappa shape index (κ2) is 10.2. The molecule has 0 radical (unpaired) electrons. The predicted molar refractivity (Wildman–Crippen MR) is 124 cm³/mol. The molecule has 0 bridgehead atoms.